The summed E-state index contributed by atoms with van der Waals surface area (Å²) < 4.78 is 0.993. The molecule has 1 aliphatic heterocycles. The number of hydrogen-bond donors (Lipinski definition) is 0. The molecule has 0 saturated carbocycles. The van der Waals surface area contributed by atoms with E-state index >= 15 is 0 Å². The molecular weight excluding hydrogens is 254 g/mol. The average Bonchev–Trinajstić information content (AvgIpc) is 2.65. The van der Waals surface area contributed by atoms with Crippen LogP contribution in [0.3, 0.4) is 0 Å². The summed E-state index contributed by atoms with van der Waals surface area (Å²) in [4.78, 5) is 6.33. The van der Waals surface area contributed by atoms with Gasteiger partial charge in [-0.15, -0.1) is 0 Å². The van der Waals surface area contributed by atoms with Crippen molar-refractivity contribution in [2.45, 2.75) is 25.4 Å². The molecule has 2 heterocycles. The van der Waals surface area contributed by atoms with Crippen LogP contribution in [0.1, 0.15) is 18.4 Å². The van der Waals surface area contributed by atoms with Gasteiger partial charge in [0.15, 0.2) is 0 Å². The summed E-state index contributed by atoms with van der Waals surface area (Å²) in [5, 5.41) is 8.95. The molecule has 0 bridgehead atoms. The van der Waals surface area contributed by atoms with Crippen molar-refractivity contribution in [1.82, 2.24) is 9.88 Å². The molecule has 15 heavy (non-hydrogen) atoms. The summed E-state index contributed by atoms with van der Waals surface area (Å²) in [6, 6.07) is 4.48. The van der Waals surface area contributed by atoms with Crippen LogP contribution in [0, 0.1) is 11.3 Å². The lowest BCUT2D eigenvalue weighted by Crippen LogP contribution is -2.27. The lowest BCUT2D eigenvalue weighted by molar-refractivity contribution is 0.286. The third kappa shape index (κ3) is 2.55. The number of halogens is 1. The predicted molar refractivity (Wildman–Crippen MR) is 61.0 cm³/mol. The first kappa shape index (κ1) is 10.6. The van der Waals surface area contributed by atoms with E-state index in [1.807, 2.05) is 6.20 Å². The van der Waals surface area contributed by atoms with Gasteiger partial charge in [0.05, 0.1) is 12.1 Å². The molecule has 1 atom stereocenters. The van der Waals surface area contributed by atoms with Crippen molar-refractivity contribution in [2.75, 3.05) is 6.54 Å². The van der Waals surface area contributed by atoms with Crippen LogP contribution in [-0.2, 0) is 6.54 Å². The molecule has 0 N–H and O–H groups in total. The van der Waals surface area contributed by atoms with Crippen molar-refractivity contribution in [3.8, 4) is 6.07 Å². The van der Waals surface area contributed by atoms with E-state index in [0.717, 1.165) is 36.0 Å². The first-order valence-corrected chi connectivity index (χ1v) is 5.82. The Morgan fingerprint density at radius 2 is 2.47 bits per heavy atom. The van der Waals surface area contributed by atoms with Gasteiger partial charge in [0, 0.05) is 23.4 Å². The molecule has 1 fully saturated rings. The van der Waals surface area contributed by atoms with Gasteiger partial charge in [-0.3, -0.25) is 9.88 Å². The topological polar surface area (TPSA) is 39.9 Å². The molecule has 0 amide bonds. The van der Waals surface area contributed by atoms with E-state index < -0.39 is 0 Å². The van der Waals surface area contributed by atoms with Gasteiger partial charge in [0.25, 0.3) is 0 Å². The highest BCUT2D eigenvalue weighted by molar-refractivity contribution is 9.10. The summed E-state index contributed by atoms with van der Waals surface area (Å²) in [7, 11) is 0. The molecule has 1 saturated heterocycles. The molecule has 0 aliphatic carbocycles. The fourth-order valence-corrected chi connectivity index (χ4v) is 2.35. The standard InChI is InChI=1S/C11H12BrN3/c12-10-4-9(6-14-7-10)8-15-3-1-2-11(15)5-13/h4,6-7,11H,1-3,8H2. The SMILES string of the molecule is N#CC1CCCN1Cc1cncc(Br)c1. The third-order valence-corrected chi connectivity index (χ3v) is 3.09. The number of aromatic nitrogens is 1. The van der Waals surface area contributed by atoms with Crippen LogP contribution in [-0.4, -0.2) is 22.5 Å². The lowest BCUT2D eigenvalue weighted by atomic mass is 10.2. The van der Waals surface area contributed by atoms with Crippen LogP contribution in [0.4, 0.5) is 0 Å². The van der Waals surface area contributed by atoms with E-state index in [1.54, 1.807) is 6.20 Å². The number of hydrogen-bond acceptors (Lipinski definition) is 3. The highest BCUT2D eigenvalue weighted by Crippen LogP contribution is 2.20. The summed E-state index contributed by atoms with van der Waals surface area (Å²) in [5.41, 5.74) is 1.16. The Hall–Kier alpha value is -0.920. The molecule has 1 aromatic heterocycles. The van der Waals surface area contributed by atoms with E-state index in [4.69, 9.17) is 5.26 Å². The van der Waals surface area contributed by atoms with Gasteiger partial charge in [0.1, 0.15) is 0 Å². The minimum atomic E-state index is 0.0870. The van der Waals surface area contributed by atoms with Crippen LogP contribution in [0.2, 0.25) is 0 Å². The second kappa shape index (κ2) is 4.73. The van der Waals surface area contributed by atoms with Crippen molar-refractivity contribution < 1.29 is 0 Å². The normalized spacial score (nSPS) is 21.5. The van der Waals surface area contributed by atoms with E-state index in [1.165, 1.54) is 0 Å². The minimum Gasteiger partial charge on any atom is -0.284 e. The maximum atomic E-state index is 8.95. The molecule has 1 aromatic rings. The molecule has 3 nitrogen and oxygen atoms in total. The van der Waals surface area contributed by atoms with Gasteiger partial charge in [-0.1, -0.05) is 0 Å². The third-order valence-electron chi connectivity index (χ3n) is 2.66. The molecular formula is C11H12BrN3. The maximum Gasteiger partial charge on any atom is 0.0981 e. The predicted octanol–water partition coefficient (Wildman–Crippen LogP) is 2.33. The van der Waals surface area contributed by atoms with Crippen molar-refractivity contribution >= 4 is 15.9 Å². The summed E-state index contributed by atoms with van der Waals surface area (Å²) >= 11 is 3.40. The molecule has 1 aliphatic rings. The van der Waals surface area contributed by atoms with Crippen LogP contribution >= 0.6 is 15.9 Å². The van der Waals surface area contributed by atoms with Crippen molar-refractivity contribution in [2.24, 2.45) is 0 Å². The van der Waals surface area contributed by atoms with Gasteiger partial charge in [-0.05, 0) is 46.9 Å². The van der Waals surface area contributed by atoms with Gasteiger partial charge >= 0.3 is 0 Å². The number of nitrogens with zero attached hydrogens (tertiary/aromatic N) is 3. The molecule has 1 unspecified atom stereocenters. The molecule has 78 valence electrons. The van der Waals surface area contributed by atoms with Crippen LogP contribution < -0.4 is 0 Å². The highest BCUT2D eigenvalue weighted by atomic mass is 79.9. The zero-order chi connectivity index (χ0) is 10.7. The Morgan fingerprint density at radius 1 is 1.60 bits per heavy atom. The molecule has 4 heteroatoms. The zero-order valence-electron chi connectivity index (χ0n) is 8.36. The largest absolute Gasteiger partial charge is 0.284 e. The van der Waals surface area contributed by atoms with Crippen LogP contribution in [0.15, 0.2) is 22.9 Å². The maximum absolute atomic E-state index is 8.95. The van der Waals surface area contributed by atoms with E-state index in [9.17, 15) is 0 Å². The second-order valence-electron chi connectivity index (χ2n) is 3.77. The Balaban J connectivity index is 2.06. The summed E-state index contributed by atoms with van der Waals surface area (Å²) in [6.45, 7) is 1.84. The van der Waals surface area contributed by atoms with Gasteiger partial charge < -0.3 is 0 Å². The van der Waals surface area contributed by atoms with Crippen LogP contribution in [0.5, 0.6) is 0 Å². The Morgan fingerprint density at radius 3 is 3.20 bits per heavy atom. The van der Waals surface area contributed by atoms with Gasteiger partial charge in [-0.2, -0.15) is 5.26 Å². The minimum absolute atomic E-state index is 0.0870. The summed E-state index contributed by atoms with van der Waals surface area (Å²) in [5.74, 6) is 0. The molecule has 0 aromatic carbocycles. The van der Waals surface area contributed by atoms with E-state index in [2.05, 4.69) is 37.9 Å². The Labute approximate surface area is 97.9 Å². The summed E-state index contributed by atoms with van der Waals surface area (Å²) in [6.07, 6.45) is 5.75. The van der Waals surface area contributed by atoms with Gasteiger partial charge in [-0.25, -0.2) is 0 Å². The first-order chi connectivity index (χ1) is 7.29. The lowest BCUT2D eigenvalue weighted by Gasteiger charge is -2.18. The van der Waals surface area contributed by atoms with E-state index in [-0.39, 0.29) is 6.04 Å². The molecule has 0 radical (unpaired) electrons. The number of pyridine rings is 1. The van der Waals surface area contributed by atoms with Crippen molar-refractivity contribution in [3.05, 3.63) is 28.5 Å². The van der Waals surface area contributed by atoms with Crippen molar-refractivity contribution in [3.63, 3.8) is 0 Å². The average molecular weight is 266 g/mol. The zero-order valence-corrected chi connectivity index (χ0v) is 9.94. The molecule has 2 rings (SSSR count). The van der Waals surface area contributed by atoms with Gasteiger partial charge in [0.2, 0.25) is 0 Å². The van der Waals surface area contributed by atoms with Crippen LogP contribution in [0.25, 0.3) is 0 Å². The monoisotopic (exact) mass is 265 g/mol. The Bertz CT molecular complexity index is 386. The highest BCUT2D eigenvalue weighted by Gasteiger charge is 2.23. The number of rotatable bonds is 2. The fraction of sp³-hybridized carbons (Fsp3) is 0.455. The van der Waals surface area contributed by atoms with E-state index in [0.29, 0.717) is 0 Å². The smallest absolute Gasteiger partial charge is 0.0981 e. The first-order valence-electron chi connectivity index (χ1n) is 5.02. The number of nitriles is 1. The van der Waals surface area contributed by atoms with Crippen molar-refractivity contribution in [1.29, 1.82) is 5.26 Å². The number of likely N-dealkylation sites (tertiary alicyclic amines) is 1. The molecule has 0 spiro atoms. The fourth-order valence-electron chi connectivity index (χ4n) is 1.94. The second-order valence-corrected chi connectivity index (χ2v) is 4.68. The Kier molecular flexibility index (Phi) is 3.34. The quantitative estimate of drug-likeness (QED) is 0.824.